The van der Waals surface area contributed by atoms with E-state index < -0.39 is 0 Å². The van der Waals surface area contributed by atoms with Crippen molar-refractivity contribution in [2.45, 2.75) is 66.3 Å². The molecule has 0 bridgehead atoms. The van der Waals surface area contributed by atoms with E-state index in [1.54, 1.807) is 0 Å². The van der Waals surface area contributed by atoms with Crippen LogP contribution in [0.15, 0.2) is 0 Å². The van der Waals surface area contributed by atoms with Crippen LogP contribution in [0.1, 0.15) is 58.3 Å². The number of nitrogens with zero attached hydrogens (tertiary/aromatic N) is 3. The van der Waals surface area contributed by atoms with Gasteiger partial charge >= 0.3 is 0 Å². The van der Waals surface area contributed by atoms with Crippen LogP contribution in [0.25, 0.3) is 0 Å². The second kappa shape index (κ2) is 6.66. The lowest BCUT2D eigenvalue weighted by Gasteiger charge is -2.09. The molecule has 1 rings (SSSR count). The molecule has 3 heteroatoms. The molecule has 0 saturated carbocycles. The van der Waals surface area contributed by atoms with Crippen LogP contribution < -0.4 is 0 Å². The maximum atomic E-state index is 4.32. The molecule has 1 heterocycles. The van der Waals surface area contributed by atoms with Crippen molar-refractivity contribution in [1.29, 1.82) is 0 Å². The van der Waals surface area contributed by atoms with Crippen molar-refractivity contribution >= 4 is 0 Å². The Bertz CT molecular complexity index is 302. The highest BCUT2D eigenvalue weighted by Gasteiger charge is 2.12. The fourth-order valence-corrected chi connectivity index (χ4v) is 1.90. The quantitative estimate of drug-likeness (QED) is 0.710. The van der Waals surface area contributed by atoms with Gasteiger partial charge in [0.2, 0.25) is 0 Å². The first-order chi connectivity index (χ1) is 7.69. The zero-order chi connectivity index (χ0) is 12.0. The van der Waals surface area contributed by atoms with E-state index in [0.717, 1.165) is 25.8 Å². The summed E-state index contributed by atoms with van der Waals surface area (Å²) in [6, 6.07) is 0. The minimum Gasteiger partial charge on any atom is -0.249 e. The van der Waals surface area contributed by atoms with Crippen molar-refractivity contribution in [1.82, 2.24) is 15.0 Å². The van der Waals surface area contributed by atoms with Gasteiger partial charge in [-0.3, -0.25) is 0 Å². The van der Waals surface area contributed by atoms with Crippen LogP contribution in [0.4, 0.5) is 0 Å². The van der Waals surface area contributed by atoms with Gasteiger partial charge in [0, 0.05) is 6.54 Å². The van der Waals surface area contributed by atoms with E-state index >= 15 is 0 Å². The normalized spacial score (nSPS) is 11.3. The number of aromatic nitrogens is 3. The molecule has 0 aromatic carbocycles. The summed E-state index contributed by atoms with van der Waals surface area (Å²) in [7, 11) is 0. The standard InChI is InChI=1S/C13H25N3/c1-5-7-9-16-13(10-11(3)4)12(8-6-2)14-15-16/h11H,5-10H2,1-4H3. The van der Waals surface area contributed by atoms with Crippen molar-refractivity contribution in [2.24, 2.45) is 5.92 Å². The first kappa shape index (κ1) is 13.2. The molecule has 3 nitrogen and oxygen atoms in total. The van der Waals surface area contributed by atoms with Crippen LogP contribution >= 0.6 is 0 Å². The Balaban J connectivity index is 2.80. The second-order valence-corrected chi connectivity index (χ2v) is 4.91. The average molecular weight is 223 g/mol. The second-order valence-electron chi connectivity index (χ2n) is 4.91. The van der Waals surface area contributed by atoms with Gasteiger partial charge in [-0.15, -0.1) is 5.10 Å². The molecule has 1 aromatic rings. The topological polar surface area (TPSA) is 30.7 Å². The molecular weight excluding hydrogens is 198 g/mol. The molecule has 0 radical (unpaired) electrons. The Morgan fingerprint density at radius 3 is 2.50 bits per heavy atom. The molecule has 0 fully saturated rings. The van der Waals surface area contributed by atoms with Crippen LogP contribution in [0.5, 0.6) is 0 Å². The molecule has 0 atom stereocenters. The maximum absolute atomic E-state index is 4.32. The van der Waals surface area contributed by atoms with Gasteiger partial charge in [-0.2, -0.15) is 0 Å². The highest BCUT2D eigenvalue weighted by Crippen LogP contribution is 2.14. The summed E-state index contributed by atoms with van der Waals surface area (Å²) in [4.78, 5) is 0. The van der Waals surface area contributed by atoms with E-state index in [2.05, 4.69) is 42.7 Å². The zero-order valence-electron chi connectivity index (χ0n) is 11.2. The SMILES string of the molecule is CCCCn1nnc(CCC)c1CC(C)C. The Morgan fingerprint density at radius 1 is 1.19 bits per heavy atom. The number of aryl methyl sites for hydroxylation is 2. The van der Waals surface area contributed by atoms with Crippen LogP contribution in [0.3, 0.4) is 0 Å². The third kappa shape index (κ3) is 3.62. The van der Waals surface area contributed by atoms with E-state index in [1.165, 1.54) is 24.2 Å². The summed E-state index contributed by atoms with van der Waals surface area (Å²) in [6.45, 7) is 9.95. The summed E-state index contributed by atoms with van der Waals surface area (Å²) in [5.74, 6) is 0.675. The van der Waals surface area contributed by atoms with Gasteiger partial charge in [0.25, 0.3) is 0 Å². The molecule has 0 spiro atoms. The van der Waals surface area contributed by atoms with Gasteiger partial charge in [-0.25, -0.2) is 4.68 Å². The van der Waals surface area contributed by atoms with Crippen molar-refractivity contribution in [2.75, 3.05) is 0 Å². The molecule has 0 aliphatic heterocycles. The predicted molar refractivity (Wildman–Crippen MR) is 67.5 cm³/mol. The molecule has 16 heavy (non-hydrogen) atoms. The molecule has 0 saturated heterocycles. The van der Waals surface area contributed by atoms with Crippen molar-refractivity contribution in [3.8, 4) is 0 Å². The van der Waals surface area contributed by atoms with E-state index in [1.807, 2.05) is 0 Å². The smallest absolute Gasteiger partial charge is 0.0859 e. The van der Waals surface area contributed by atoms with E-state index in [9.17, 15) is 0 Å². The van der Waals surface area contributed by atoms with Crippen LogP contribution in [0, 0.1) is 5.92 Å². The fraction of sp³-hybridized carbons (Fsp3) is 0.846. The van der Waals surface area contributed by atoms with Crippen molar-refractivity contribution in [3.05, 3.63) is 11.4 Å². The van der Waals surface area contributed by atoms with Crippen molar-refractivity contribution in [3.63, 3.8) is 0 Å². The molecule has 1 aromatic heterocycles. The Hall–Kier alpha value is -0.860. The summed E-state index contributed by atoms with van der Waals surface area (Å²) in [6.07, 6.45) is 5.72. The highest BCUT2D eigenvalue weighted by atomic mass is 15.4. The summed E-state index contributed by atoms with van der Waals surface area (Å²) in [5.41, 5.74) is 2.58. The molecule has 92 valence electrons. The zero-order valence-corrected chi connectivity index (χ0v) is 11.2. The maximum Gasteiger partial charge on any atom is 0.0859 e. The van der Waals surface area contributed by atoms with Gasteiger partial charge < -0.3 is 0 Å². The van der Waals surface area contributed by atoms with Gasteiger partial charge in [-0.05, 0) is 25.2 Å². The van der Waals surface area contributed by atoms with Gasteiger partial charge in [-0.1, -0.05) is 45.7 Å². The predicted octanol–water partition coefficient (Wildman–Crippen LogP) is 3.23. The Labute approximate surface area is 99.2 Å². The minimum atomic E-state index is 0.675. The number of hydrogen-bond acceptors (Lipinski definition) is 2. The lowest BCUT2D eigenvalue weighted by Crippen LogP contribution is -2.09. The summed E-state index contributed by atoms with van der Waals surface area (Å²) in [5, 5.41) is 8.62. The molecule has 0 aliphatic carbocycles. The highest BCUT2D eigenvalue weighted by molar-refractivity contribution is 5.11. The number of rotatable bonds is 7. The average Bonchev–Trinajstić information content (AvgIpc) is 2.59. The van der Waals surface area contributed by atoms with Gasteiger partial charge in [0.15, 0.2) is 0 Å². The van der Waals surface area contributed by atoms with E-state index in [-0.39, 0.29) is 0 Å². The number of hydrogen-bond donors (Lipinski definition) is 0. The first-order valence-electron chi connectivity index (χ1n) is 6.60. The fourth-order valence-electron chi connectivity index (χ4n) is 1.90. The first-order valence-corrected chi connectivity index (χ1v) is 6.60. The van der Waals surface area contributed by atoms with Gasteiger partial charge in [0.05, 0.1) is 11.4 Å². The summed E-state index contributed by atoms with van der Waals surface area (Å²) >= 11 is 0. The summed E-state index contributed by atoms with van der Waals surface area (Å²) < 4.78 is 2.12. The van der Waals surface area contributed by atoms with E-state index in [0.29, 0.717) is 5.92 Å². The largest absolute Gasteiger partial charge is 0.249 e. The van der Waals surface area contributed by atoms with Crippen LogP contribution in [-0.2, 0) is 19.4 Å². The molecule has 0 amide bonds. The molecule has 0 N–H and O–H groups in total. The molecule has 0 aliphatic rings. The molecule has 0 unspecified atom stereocenters. The van der Waals surface area contributed by atoms with Gasteiger partial charge in [0.1, 0.15) is 0 Å². The minimum absolute atomic E-state index is 0.675. The van der Waals surface area contributed by atoms with E-state index in [4.69, 9.17) is 0 Å². The molecular formula is C13H25N3. The van der Waals surface area contributed by atoms with Crippen molar-refractivity contribution < 1.29 is 0 Å². The Kier molecular flexibility index (Phi) is 5.50. The third-order valence-corrected chi connectivity index (χ3v) is 2.73. The third-order valence-electron chi connectivity index (χ3n) is 2.73. The number of unbranched alkanes of at least 4 members (excludes halogenated alkanes) is 1. The van der Waals surface area contributed by atoms with Crippen LogP contribution in [-0.4, -0.2) is 15.0 Å². The Morgan fingerprint density at radius 2 is 1.94 bits per heavy atom. The lowest BCUT2D eigenvalue weighted by atomic mass is 10.0. The monoisotopic (exact) mass is 223 g/mol. The van der Waals surface area contributed by atoms with Crippen LogP contribution in [0.2, 0.25) is 0 Å². The lowest BCUT2D eigenvalue weighted by molar-refractivity contribution is 0.510.